The number of aromatic nitrogens is 1. The van der Waals surface area contributed by atoms with E-state index in [9.17, 15) is 28.2 Å². The highest BCUT2D eigenvalue weighted by atomic mass is 35.5. The van der Waals surface area contributed by atoms with Crippen LogP contribution >= 0.6 is 11.6 Å². The van der Waals surface area contributed by atoms with Crippen LogP contribution in [-0.2, 0) is 21.0 Å². The summed E-state index contributed by atoms with van der Waals surface area (Å²) in [4.78, 5) is 29.8. The molecular weight excluding hydrogens is 620 g/mol. The summed E-state index contributed by atoms with van der Waals surface area (Å²) in [6, 6.07) is 21.5. The number of benzene rings is 3. The normalized spacial score (nSPS) is 12.3. The molecule has 0 spiro atoms. The number of hydrogen-bond acceptors (Lipinski definition) is 8. The van der Waals surface area contributed by atoms with Gasteiger partial charge in [-0.15, -0.1) is 0 Å². The van der Waals surface area contributed by atoms with E-state index in [0.29, 0.717) is 17.0 Å². The fourth-order valence-electron chi connectivity index (χ4n) is 4.30. The molecule has 2 N–H and O–H groups in total. The summed E-state index contributed by atoms with van der Waals surface area (Å²) in [6.45, 7) is 5.42. The molecule has 10 nitrogen and oxygen atoms in total. The first kappa shape index (κ1) is 33.4. The lowest BCUT2D eigenvalue weighted by Gasteiger charge is -2.29. The number of carbonyl (C=O) groups is 2. The molecule has 0 fully saturated rings. The molecule has 1 aromatic heterocycles. The summed E-state index contributed by atoms with van der Waals surface area (Å²) in [6.07, 6.45) is 0.141. The number of nitrogens with zero attached hydrogens (tertiary/aromatic N) is 2. The van der Waals surface area contributed by atoms with Crippen LogP contribution in [-0.4, -0.2) is 59.3 Å². The zero-order valence-electron chi connectivity index (χ0n) is 24.9. The Morgan fingerprint density at radius 1 is 0.956 bits per heavy atom. The zero-order chi connectivity index (χ0) is 32.8. The minimum absolute atomic E-state index is 0.0350. The van der Waals surface area contributed by atoms with Crippen LogP contribution in [0.4, 0.5) is 4.79 Å². The van der Waals surface area contributed by atoms with Crippen molar-refractivity contribution in [2.75, 3.05) is 13.1 Å². The van der Waals surface area contributed by atoms with E-state index in [-0.39, 0.29) is 40.1 Å². The Morgan fingerprint density at radius 3 is 2.33 bits per heavy atom. The number of pyridine rings is 1. The number of hydrogen-bond donors (Lipinski definition) is 2. The molecule has 0 aliphatic heterocycles. The summed E-state index contributed by atoms with van der Waals surface area (Å²) in [5.41, 5.74) is 0.409. The van der Waals surface area contributed by atoms with Crippen molar-refractivity contribution in [3.8, 4) is 11.6 Å². The molecule has 0 saturated heterocycles. The van der Waals surface area contributed by atoms with E-state index in [2.05, 4.69) is 4.98 Å². The second-order valence-electron chi connectivity index (χ2n) is 11.1. The van der Waals surface area contributed by atoms with Crippen molar-refractivity contribution < 1.29 is 37.7 Å². The van der Waals surface area contributed by atoms with Gasteiger partial charge in [0.25, 0.3) is 0 Å². The third kappa shape index (κ3) is 9.04. The van der Waals surface area contributed by atoms with Gasteiger partial charge in [0.2, 0.25) is 15.7 Å². The van der Waals surface area contributed by atoms with E-state index in [1.165, 1.54) is 59.6 Å². The summed E-state index contributed by atoms with van der Waals surface area (Å²) < 4.78 is 38.0. The number of ether oxygens (including phenoxy) is 2. The summed E-state index contributed by atoms with van der Waals surface area (Å²) in [5.74, 6) is -1.28. The van der Waals surface area contributed by atoms with Gasteiger partial charge in [-0.1, -0.05) is 41.9 Å². The van der Waals surface area contributed by atoms with Crippen molar-refractivity contribution in [3.63, 3.8) is 0 Å². The first-order chi connectivity index (χ1) is 21.2. The molecule has 1 heterocycles. The maximum atomic E-state index is 13.4. The fraction of sp³-hybridized carbons (Fsp3) is 0.242. The van der Waals surface area contributed by atoms with Crippen molar-refractivity contribution in [3.05, 3.63) is 113 Å². The van der Waals surface area contributed by atoms with E-state index in [1.54, 1.807) is 57.2 Å². The van der Waals surface area contributed by atoms with E-state index in [0.717, 1.165) is 5.56 Å². The predicted octanol–water partition coefficient (Wildman–Crippen LogP) is 6.57. The number of carboxylic acid groups (broad SMARTS) is 1. The van der Waals surface area contributed by atoms with Crippen molar-refractivity contribution >= 4 is 33.5 Å². The monoisotopic (exact) mass is 652 g/mol. The Kier molecular flexibility index (Phi) is 10.5. The zero-order valence-corrected chi connectivity index (χ0v) is 26.5. The quantitative estimate of drug-likeness (QED) is 0.184. The lowest BCUT2D eigenvalue weighted by Crippen LogP contribution is -2.40. The highest BCUT2D eigenvalue weighted by molar-refractivity contribution is 7.91. The maximum Gasteiger partial charge on any atom is 0.410 e. The molecule has 1 atom stereocenters. The van der Waals surface area contributed by atoms with Crippen molar-refractivity contribution in [1.29, 1.82) is 0 Å². The lowest BCUT2D eigenvalue weighted by atomic mass is 10.1. The second-order valence-corrected chi connectivity index (χ2v) is 13.5. The Bertz CT molecular complexity index is 1770. The van der Waals surface area contributed by atoms with Crippen LogP contribution in [0.3, 0.4) is 0 Å². The number of rotatable bonds is 11. The molecule has 0 aliphatic carbocycles. The van der Waals surface area contributed by atoms with Crippen LogP contribution in [0, 0.1) is 0 Å². The van der Waals surface area contributed by atoms with Crippen LogP contribution in [0.1, 0.15) is 48.4 Å². The number of sulfone groups is 1. The summed E-state index contributed by atoms with van der Waals surface area (Å²) >= 11 is 6.07. The van der Waals surface area contributed by atoms with Crippen LogP contribution in [0.25, 0.3) is 0 Å². The second kappa shape index (κ2) is 14.1. The molecule has 236 valence electrons. The highest BCUT2D eigenvalue weighted by Crippen LogP contribution is 2.28. The van der Waals surface area contributed by atoms with E-state index >= 15 is 0 Å². The molecule has 0 aliphatic rings. The van der Waals surface area contributed by atoms with Gasteiger partial charge in [-0.05, 0) is 92.9 Å². The van der Waals surface area contributed by atoms with Crippen molar-refractivity contribution in [2.45, 2.75) is 48.7 Å². The van der Waals surface area contributed by atoms with Crippen LogP contribution in [0.2, 0.25) is 5.02 Å². The molecule has 0 unspecified atom stereocenters. The van der Waals surface area contributed by atoms with E-state index in [1.807, 2.05) is 0 Å². The molecule has 0 radical (unpaired) electrons. The number of halogens is 1. The number of amides is 1. The third-order valence-corrected chi connectivity index (χ3v) is 8.52. The summed E-state index contributed by atoms with van der Waals surface area (Å²) in [7, 11) is -3.96. The SMILES string of the molecule is CC(C)(C)OC(=O)N(CCc1ccc(S(=O)(=O)c2cccc(Oc3ncccc3C(=O)O)c2)cc1)C[C@H](O)c1cccc(Cl)c1. The van der Waals surface area contributed by atoms with E-state index in [4.69, 9.17) is 21.1 Å². The van der Waals surface area contributed by atoms with Crippen molar-refractivity contribution in [1.82, 2.24) is 9.88 Å². The minimum Gasteiger partial charge on any atom is -0.477 e. The average Bonchev–Trinajstić information content (AvgIpc) is 2.98. The first-order valence-corrected chi connectivity index (χ1v) is 15.8. The molecule has 0 saturated carbocycles. The van der Waals surface area contributed by atoms with Gasteiger partial charge in [-0.3, -0.25) is 0 Å². The molecular formula is C33H33ClN2O8S. The number of carbonyl (C=O) groups excluding carboxylic acids is 1. The van der Waals surface area contributed by atoms with E-state index < -0.39 is 33.6 Å². The third-order valence-electron chi connectivity index (χ3n) is 6.51. The number of carboxylic acids is 1. The minimum atomic E-state index is -3.96. The molecule has 3 aromatic carbocycles. The van der Waals surface area contributed by atoms with Gasteiger partial charge in [0.05, 0.1) is 22.4 Å². The molecule has 45 heavy (non-hydrogen) atoms. The average molecular weight is 653 g/mol. The largest absolute Gasteiger partial charge is 0.477 e. The highest BCUT2D eigenvalue weighted by Gasteiger charge is 2.25. The van der Waals surface area contributed by atoms with Gasteiger partial charge in [-0.25, -0.2) is 23.0 Å². The maximum absolute atomic E-state index is 13.4. The number of aliphatic hydroxyl groups is 1. The van der Waals surface area contributed by atoms with Gasteiger partial charge >= 0.3 is 12.1 Å². The standard InChI is InChI=1S/C33H33ClN2O8S/c1-33(2,3)44-32(40)36(21-29(37)23-7-4-8-24(34)19-23)18-16-22-12-14-26(15-13-22)45(41,42)27-10-5-9-25(20-27)43-30-28(31(38)39)11-6-17-35-30/h4-15,17,19-20,29,37H,16,18,21H2,1-3H3,(H,38,39)/t29-/m0/s1. The topological polar surface area (TPSA) is 143 Å². The smallest absolute Gasteiger partial charge is 0.410 e. The predicted molar refractivity (Wildman–Crippen MR) is 168 cm³/mol. The summed E-state index contributed by atoms with van der Waals surface area (Å²) in [5, 5.41) is 20.7. The van der Waals surface area contributed by atoms with Crippen LogP contribution < -0.4 is 4.74 Å². The molecule has 12 heteroatoms. The number of aromatic carboxylic acids is 1. The van der Waals surface area contributed by atoms with Crippen LogP contribution in [0.5, 0.6) is 11.6 Å². The molecule has 4 rings (SSSR count). The molecule has 1 amide bonds. The first-order valence-electron chi connectivity index (χ1n) is 13.9. The van der Waals surface area contributed by atoms with Crippen LogP contribution in [0.15, 0.2) is 101 Å². The Hall–Kier alpha value is -4.45. The van der Waals surface area contributed by atoms with Crippen molar-refractivity contribution in [2.24, 2.45) is 0 Å². The van der Waals surface area contributed by atoms with Gasteiger partial charge in [0.1, 0.15) is 16.9 Å². The Labute approximate surface area is 266 Å². The fourth-order valence-corrected chi connectivity index (χ4v) is 5.79. The van der Waals surface area contributed by atoms with Gasteiger partial charge in [-0.2, -0.15) is 0 Å². The lowest BCUT2D eigenvalue weighted by molar-refractivity contribution is 0.0147. The van der Waals surface area contributed by atoms with Gasteiger partial charge in [0, 0.05) is 17.8 Å². The van der Waals surface area contributed by atoms with Gasteiger partial charge in [0.15, 0.2) is 0 Å². The number of aliphatic hydroxyl groups excluding tert-OH is 1. The molecule has 0 bridgehead atoms. The Balaban J connectivity index is 1.48. The van der Waals surface area contributed by atoms with Gasteiger partial charge < -0.3 is 24.6 Å². The molecule has 4 aromatic rings. The Morgan fingerprint density at radius 2 is 1.67 bits per heavy atom.